The number of hydrogen-bond donors (Lipinski definition) is 0. The van der Waals surface area contributed by atoms with Crippen molar-refractivity contribution in [2.45, 2.75) is 26.3 Å². The molecule has 0 saturated carbocycles. The van der Waals surface area contributed by atoms with Crippen molar-refractivity contribution in [2.75, 3.05) is 20.4 Å². The Labute approximate surface area is 131 Å². The zero-order valence-electron chi connectivity index (χ0n) is 13.7. The molecule has 1 aromatic rings. The Morgan fingerprint density at radius 3 is 2.77 bits per heavy atom. The maximum Gasteiger partial charge on any atom is 0.326 e. The molecular formula is C17H23N3O2. The molecule has 0 unspecified atom stereocenters. The van der Waals surface area contributed by atoms with Crippen LogP contribution < -0.4 is 0 Å². The van der Waals surface area contributed by atoms with E-state index in [2.05, 4.69) is 11.7 Å². The molecule has 118 valence electrons. The van der Waals surface area contributed by atoms with Crippen molar-refractivity contribution in [3.05, 3.63) is 41.6 Å². The van der Waals surface area contributed by atoms with Crippen LogP contribution in [0.25, 0.3) is 5.70 Å². The third-order valence-electron chi connectivity index (χ3n) is 3.74. The summed E-state index contributed by atoms with van der Waals surface area (Å²) in [6.07, 6.45) is 1.71. The number of hydrogen-bond acceptors (Lipinski definition) is 3. The highest BCUT2D eigenvalue weighted by Crippen LogP contribution is 2.24. The molecule has 0 spiro atoms. The lowest BCUT2D eigenvalue weighted by Gasteiger charge is -2.31. The summed E-state index contributed by atoms with van der Waals surface area (Å²) in [6.45, 7) is 10.5. The summed E-state index contributed by atoms with van der Waals surface area (Å²) in [6, 6.07) is 7.83. The van der Waals surface area contributed by atoms with Crippen molar-refractivity contribution in [3.8, 4) is 0 Å². The minimum atomic E-state index is -0.301. The fraction of sp³-hybridized carbons (Fsp3) is 0.412. The maximum atomic E-state index is 12.6. The summed E-state index contributed by atoms with van der Waals surface area (Å²) >= 11 is 0. The van der Waals surface area contributed by atoms with Crippen LogP contribution in [0.2, 0.25) is 0 Å². The van der Waals surface area contributed by atoms with Gasteiger partial charge in [-0.05, 0) is 33.6 Å². The molecule has 0 radical (unpaired) electrons. The average molecular weight is 301 g/mol. The van der Waals surface area contributed by atoms with Crippen molar-refractivity contribution < 1.29 is 9.53 Å². The fourth-order valence-electron chi connectivity index (χ4n) is 2.39. The molecule has 1 fully saturated rings. The predicted octanol–water partition coefficient (Wildman–Crippen LogP) is 3.11. The maximum absolute atomic E-state index is 12.6. The second kappa shape index (κ2) is 6.32. The number of rotatable bonds is 3. The first-order chi connectivity index (χ1) is 10.3. The molecule has 0 aliphatic carbocycles. The Morgan fingerprint density at radius 2 is 2.23 bits per heavy atom. The summed E-state index contributed by atoms with van der Waals surface area (Å²) in [5.41, 5.74) is 2.43. The first-order valence-electron chi connectivity index (χ1n) is 7.23. The van der Waals surface area contributed by atoms with E-state index in [-0.39, 0.29) is 11.6 Å². The molecule has 0 atom stereocenters. The van der Waals surface area contributed by atoms with E-state index < -0.39 is 0 Å². The van der Waals surface area contributed by atoms with Gasteiger partial charge in [-0.1, -0.05) is 23.8 Å². The van der Waals surface area contributed by atoms with E-state index in [0.29, 0.717) is 19.0 Å². The van der Waals surface area contributed by atoms with Crippen LogP contribution in [0.5, 0.6) is 0 Å². The number of urea groups is 1. The number of aryl methyl sites for hydroxylation is 1. The second-order valence-corrected chi connectivity index (χ2v) is 6.15. The average Bonchev–Trinajstić information content (AvgIpc) is 2.83. The lowest BCUT2D eigenvalue weighted by atomic mass is 10.1. The van der Waals surface area contributed by atoms with Gasteiger partial charge in [0.2, 0.25) is 0 Å². The van der Waals surface area contributed by atoms with Crippen molar-refractivity contribution in [1.82, 2.24) is 9.80 Å². The Morgan fingerprint density at radius 1 is 1.50 bits per heavy atom. The Bertz CT molecular complexity index is 608. The number of ether oxygens (including phenoxy) is 1. The topological polar surface area (TPSA) is 45.1 Å². The van der Waals surface area contributed by atoms with Crippen LogP contribution in [0.4, 0.5) is 4.79 Å². The van der Waals surface area contributed by atoms with Gasteiger partial charge in [-0.2, -0.15) is 0 Å². The molecule has 5 heteroatoms. The molecule has 1 aliphatic rings. The summed E-state index contributed by atoms with van der Waals surface area (Å²) < 4.78 is 5.40. The summed E-state index contributed by atoms with van der Waals surface area (Å²) in [5.74, 6) is 0. The zero-order valence-corrected chi connectivity index (χ0v) is 13.7. The van der Waals surface area contributed by atoms with Gasteiger partial charge in [-0.25, -0.2) is 4.79 Å². The van der Waals surface area contributed by atoms with Gasteiger partial charge in [0.1, 0.15) is 6.73 Å². The molecule has 0 N–H and O–H groups in total. The van der Waals surface area contributed by atoms with E-state index in [0.717, 1.165) is 11.1 Å². The monoisotopic (exact) mass is 301 g/mol. The van der Waals surface area contributed by atoms with E-state index in [9.17, 15) is 4.79 Å². The molecule has 1 saturated heterocycles. The molecule has 22 heavy (non-hydrogen) atoms. The van der Waals surface area contributed by atoms with Crippen LogP contribution in [0, 0.1) is 6.92 Å². The quantitative estimate of drug-likeness (QED) is 0.805. The SMILES string of the molecule is C=N/C(=C\N(C)C(=O)N1COCC1(C)C)c1cccc(C)c1. The highest BCUT2D eigenvalue weighted by molar-refractivity contribution is 5.79. The van der Waals surface area contributed by atoms with Crippen LogP contribution in [-0.2, 0) is 4.74 Å². The molecular weight excluding hydrogens is 278 g/mol. The van der Waals surface area contributed by atoms with Gasteiger partial charge >= 0.3 is 6.03 Å². The number of benzene rings is 1. The fourth-order valence-corrected chi connectivity index (χ4v) is 2.39. The van der Waals surface area contributed by atoms with Crippen molar-refractivity contribution in [3.63, 3.8) is 0 Å². The summed E-state index contributed by atoms with van der Waals surface area (Å²) in [5, 5.41) is 0. The molecule has 1 heterocycles. The van der Waals surface area contributed by atoms with Gasteiger partial charge in [-0.15, -0.1) is 0 Å². The summed E-state index contributed by atoms with van der Waals surface area (Å²) in [7, 11) is 1.72. The third kappa shape index (κ3) is 3.36. The smallest absolute Gasteiger partial charge is 0.326 e. The molecule has 5 nitrogen and oxygen atoms in total. The van der Waals surface area contributed by atoms with Crippen LogP contribution in [0.15, 0.2) is 35.5 Å². The van der Waals surface area contributed by atoms with E-state index in [1.54, 1.807) is 18.1 Å². The molecule has 1 aliphatic heterocycles. The summed E-state index contributed by atoms with van der Waals surface area (Å²) in [4.78, 5) is 19.9. The Hall–Kier alpha value is -2.14. The molecule has 2 rings (SSSR count). The Balaban J connectivity index is 2.22. The van der Waals surface area contributed by atoms with E-state index in [1.807, 2.05) is 45.0 Å². The predicted molar refractivity (Wildman–Crippen MR) is 88.6 cm³/mol. The first kappa shape index (κ1) is 16.2. The number of amides is 2. The van der Waals surface area contributed by atoms with Crippen LogP contribution in [-0.4, -0.2) is 48.5 Å². The van der Waals surface area contributed by atoms with Crippen LogP contribution in [0.3, 0.4) is 0 Å². The normalized spacial score (nSPS) is 17.5. The molecule has 0 aromatic heterocycles. The number of aliphatic imine (C=N–C) groups is 1. The van der Waals surface area contributed by atoms with Crippen molar-refractivity contribution in [2.24, 2.45) is 4.99 Å². The van der Waals surface area contributed by atoms with Gasteiger partial charge in [0, 0.05) is 18.8 Å². The number of carbonyl (C=O) groups excluding carboxylic acids is 1. The van der Waals surface area contributed by atoms with Gasteiger partial charge in [-0.3, -0.25) is 9.89 Å². The van der Waals surface area contributed by atoms with Crippen molar-refractivity contribution >= 4 is 18.4 Å². The lowest BCUT2D eigenvalue weighted by molar-refractivity contribution is 0.125. The standard InChI is InChI=1S/C17H23N3O2/c1-13-7-6-8-14(9-13)15(18-4)10-19(5)16(21)20-12-22-11-17(20,2)3/h6-10H,4,11-12H2,1-3,5H3/b15-10-. The molecule has 1 aromatic carbocycles. The zero-order chi connectivity index (χ0) is 16.3. The van der Waals surface area contributed by atoms with Gasteiger partial charge in [0.15, 0.2) is 0 Å². The second-order valence-electron chi connectivity index (χ2n) is 6.15. The van der Waals surface area contributed by atoms with Crippen LogP contribution in [0.1, 0.15) is 25.0 Å². The minimum absolute atomic E-state index is 0.115. The minimum Gasteiger partial charge on any atom is -0.359 e. The van der Waals surface area contributed by atoms with Gasteiger partial charge in [0.25, 0.3) is 0 Å². The van der Waals surface area contributed by atoms with Crippen molar-refractivity contribution in [1.29, 1.82) is 0 Å². The van der Waals surface area contributed by atoms with E-state index in [1.165, 1.54) is 4.90 Å². The molecule has 0 bridgehead atoms. The largest absolute Gasteiger partial charge is 0.359 e. The lowest BCUT2D eigenvalue weighted by Crippen LogP contribution is -2.48. The highest BCUT2D eigenvalue weighted by atomic mass is 16.5. The Kier molecular flexibility index (Phi) is 4.66. The highest BCUT2D eigenvalue weighted by Gasteiger charge is 2.37. The number of carbonyl (C=O) groups is 1. The third-order valence-corrected chi connectivity index (χ3v) is 3.74. The van der Waals surface area contributed by atoms with E-state index in [4.69, 9.17) is 4.74 Å². The first-order valence-corrected chi connectivity index (χ1v) is 7.23. The molecule has 2 amide bonds. The van der Waals surface area contributed by atoms with Gasteiger partial charge < -0.3 is 9.64 Å². The van der Waals surface area contributed by atoms with Gasteiger partial charge in [0.05, 0.1) is 17.8 Å². The van der Waals surface area contributed by atoms with Crippen LogP contribution >= 0.6 is 0 Å². The number of nitrogens with zero attached hydrogens (tertiary/aromatic N) is 3. The van der Waals surface area contributed by atoms with E-state index >= 15 is 0 Å².